The summed E-state index contributed by atoms with van der Waals surface area (Å²) < 4.78 is 16.2. The van der Waals surface area contributed by atoms with Crippen LogP contribution in [0.1, 0.15) is 37.0 Å². The fourth-order valence-corrected chi connectivity index (χ4v) is 3.45. The lowest BCUT2D eigenvalue weighted by Crippen LogP contribution is -2.45. The van der Waals surface area contributed by atoms with Gasteiger partial charge in [0.2, 0.25) is 12.7 Å². The second-order valence-electron chi connectivity index (χ2n) is 6.56. The van der Waals surface area contributed by atoms with E-state index in [0.717, 1.165) is 55.5 Å². The molecule has 3 heterocycles. The lowest BCUT2D eigenvalue weighted by molar-refractivity contribution is 0.171. The fraction of sp³-hybridized carbons (Fsp3) is 0.556. The Morgan fingerprint density at radius 3 is 3.16 bits per heavy atom. The molecular formula is C18H24N4O3. The van der Waals surface area contributed by atoms with Crippen molar-refractivity contribution in [3.8, 4) is 11.5 Å². The molecule has 1 saturated heterocycles. The highest BCUT2D eigenvalue weighted by atomic mass is 16.7. The van der Waals surface area contributed by atoms with Gasteiger partial charge in [-0.1, -0.05) is 24.2 Å². The second-order valence-corrected chi connectivity index (χ2v) is 6.56. The number of para-hydroxylation sites is 1. The van der Waals surface area contributed by atoms with E-state index in [9.17, 15) is 0 Å². The number of nitrogens with zero attached hydrogens (tertiary/aromatic N) is 3. The van der Waals surface area contributed by atoms with Crippen LogP contribution in [0.2, 0.25) is 0 Å². The van der Waals surface area contributed by atoms with Crippen molar-refractivity contribution in [2.75, 3.05) is 19.9 Å². The molecule has 2 aliphatic rings. The molecule has 1 fully saturated rings. The highest BCUT2D eigenvalue weighted by Gasteiger charge is 2.22. The molecule has 2 aromatic rings. The SMILES string of the molecule is CCc1nc(CN2CCCC(NCc3cccc4c3OCO4)C2)no1. The summed E-state index contributed by atoms with van der Waals surface area (Å²) in [5.41, 5.74) is 1.15. The average Bonchev–Trinajstić information content (AvgIpc) is 3.29. The lowest BCUT2D eigenvalue weighted by Gasteiger charge is -2.32. The Labute approximate surface area is 147 Å². The van der Waals surface area contributed by atoms with Crippen LogP contribution in [0, 0.1) is 0 Å². The average molecular weight is 344 g/mol. The van der Waals surface area contributed by atoms with Gasteiger partial charge in [0, 0.05) is 31.1 Å². The zero-order valence-electron chi connectivity index (χ0n) is 14.5. The Balaban J connectivity index is 1.32. The number of likely N-dealkylation sites (tertiary alicyclic amines) is 1. The van der Waals surface area contributed by atoms with Crippen molar-refractivity contribution in [2.24, 2.45) is 0 Å². The van der Waals surface area contributed by atoms with Gasteiger partial charge in [-0.15, -0.1) is 0 Å². The molecule has 0 radical (unpaired) electrons. The molecular weight excluding hydrogens is 320 g/mol. The first-order chi connectivity index (χ1) is 12.3. The maximum atomic E-state index is 5.58. The summed E-state index contributed by atoms with van der Waals surface area (Å²) in [7, 11) is 0. The van der Waals surface area contributed by atoms with Gasteiger partial charge in [-0.05, 0) is 25.5 Å². The Hall–Kier alpha value is -2.12. The Kier molecular flexibility index (Phi) is 4.85. The number of aryl methyl sites for hydroxylation is 1. The van der Waals surface area contributed by atoms with Gasteiger partial charge in [-0.2, -0.15) is 4.98 Å². The van der Waals surface area contributed by atoms with Crippen LogP contribution in [-0.2, 0) is 19.5 Å². The molecule has 134 valence electrons. The van der Waals surface area contributed by atoms with Crippen molar-refractivity contribution in [3.63, 3.8) is 0 Å². The van der Waals surface area contributed by atoms with Crippen molar-refractivity contribution < 1.29 is 14.0 Å². The van der Waals surface area contributed by atoms with Crippen LogP contribution in [0.25, 0.3) is 0 Å². The molecule has 0 bridgehead atoms. The van der Waals surface area contributed by atoms with E-state index < -0.39 is 0 Å². The van der Waals surface area contributed by atoms with Gasteiger partial charge in [0.1, 0.15) is 0 Å². The number of hydrogen-bond donors (Lipinski definition) is 1. The summed E-state index contributed by atoms with van der Waals surface area (Å²) in [5.74, 6) is 3.21. The van der Waals surface area contributed by atoms with E-state index in [4.69, 9.17) is 14.0 Å². The normalized spacial score (nSPS) is 20.1. The fourth-order valence-electron chi connectivity index (χ4n) is 3.45. The van der Waals surface area contributed by atoms with Crippen molar-refractivity contribution in [1.29, 1.82) is 0 Å². The number of aromatic nitrogens is 2. The molecule has 0 aliphatic carbocycles. The molecule has 1 unspecified atom stereocenters. The van der Waals surface area contributed by atoms with E-state index in [1.165, 1.54) is 12.8 Å². The van der Waals surface area contributed by atoms with Gasteiger partial charge < -0.3 is 19.3 Å². The van der Waals surface area contributed by atoms with Crippen LogP contribution < -0.4 is 14.8 Å². The summed E-state index contributed by atoms with van der Waals surface area (Å²) in [6, 6.07) is 6.50. The standard InChI is InChI=1S/C18H24N4O3/c1-2-17-20-16(21-25-17)11-22-8-4-6-14(10-22)19-9-13-5-3-7-15-18(13)24-12-23-15/h3,5,7,14,19H,2,4,6,8-12H2,1H3. The molecule has 1 aromatic carbocycles. The summed E-state index contributed by atoms with van der Waals surface area (Å²) in [5, 5.41) is 7.72. The van der Waals surface area contributed by atoms with Crippen molar-refractivity contribution in [2.45, 2.75) is 45.3 Å². The maximum absolute atomic E-state index is 5.58. The molecule has 2 aliphatic heterocycles. The molecule has 1 atom stereocenters. The largest absolute Gasteiger partial charge is 0.454 e. The summed E-state index contributed by atoms with van der Waals surface area (Å²) in [6.07, 6.45) is 3.13. The zero-order valence-corrected chi connectivity index (χ0v) is 14.5. The van der Waals surface area contributed by atoms with Gasteiger partial charge in [0.25, 0.3) is 0 Å². The molecule has 1 N–H and O–H groups in total. The van der Waals surface area contributed by atoms with E-state index >= 15 is 0 Å². The molecule has 0 saturated carbocycles. The zero-order chi connectivity index (χ0) is 17.1. The van der Waals surface area contributed by atoms with Crippen LogP contribution >= 0.6 is 0 Å². The minimum atomic E-state index is 0.313. The lowest BCUT2D eigenvalue weighted by atomic mass is 10.0. The molecule has 4 rings (SSSR count). The third kappa shape index (κ3) is 3.77. The highest BCUT2D eigenvalue weighted by Crippen LogP contribution is 2.35. The van der Waals surface area contributed by atoms with Crippen LogP contribution in [0.5, 0.6) is 11.5 Å². The van der Waals surface area contributed by atoms with Crippen molar-refractivity contribution >= 4 is 0 Å². The van der Waals surface area contributed by atoms with Gasteiger partial charge in [0.05, 0.1) is 6.54 Å². The number of hydrogen-bond acceptors (Lipinski definition) is 7. The number of piperidine rings is 1. The topological polar surface area (TPSA) is 72.7 Å². The summed E-state index contributed by atoms with van der Waals surface area (Å²) in [6.45, 7) is 5.93. The number of ether oxygens (including phenoxy) is 2. The van der Waals surface area contributed by atoms with E-state index in [2.05, 4.69) is 26.4 Å². The second kappa shape index (κ2) is 7.41. The molecule has 1 aromatic heterocycles. The number of benzene rings is 1. The van der Waals surface area contributed by atoms with Gasteiger partial charge in [0.15, 0.2) is 17.3 Å². The van der Waals surface area contributed by atoms with Crippen LogP contribution in [0.15, 0.2) is 22.7 Å². The van der Waals surface area contributed by atoms with Crippen LogP contribution in [-0.4, -0.2) is 41.0 Å². The minimum absolute atomic E-state index is 0.313. The highest BCUT2D eigenvalue weighted by molar-refractivity contribution is 5.48. The van der Waals surface area contributed by atoms with Crippen molar-refractivity contribution in [3.05, 3.63) is 35.5 Å². The quantitative estimate of drug-likeness (QED) is 0.860. The molecule has 25 heavy (non-hydrogen) atoms. The Bertz CT molecular complexity index is 718. The van der Waals surface area contributed by atoms with Gasteiger partial charge in [-0.25, -0.2) is 0 Å². The van der Waals surface area contributed by atoms with E-state index in [0.29, 0.717) is 18.7 Å². The number of rotatable bonds is 6. The molecule has 7 heteroatoms. The first kappa shape index (κ1) is 16.4. The smallest absolute Gasteiger partial charge is 0.231 e. The summed E-state index contributed by atoms with van der Waals surface area (Å²) in [4.78, 5) is 6.80. The predicted molar refractivity (Wildman–Crippen MR) is 91.4 cm³/mol. The Morgan fingerprint density at radius 2 is 2.28 bits per heavy atom. The van der Waals surface area contributed by atoms with E-state index in [1.54, 1.807) is 0 Å². The molecule has 0 amide bonds. The van der Waals surface area contributed by atoms with E-state index in [-0.39, 0.29) is 0 Å². The third-order valence-corrected chi connectivity index (χ3v) is 4.74. The number of fused-ring (bicyclic) bond motifs is 1. The summed E-state index contributed by atoms with van der Waals surface area (Å²) >= 11 is 0. The van der Waals surface area contributed by atoms with Crippen LogP contribution in [0.3, 0.4) is 0 Å². The third-order valence-electron chi connectivity index (χ3n) is 4.74. The molecule has 0 spiro atoms. The van der Waals surface area contributed by atoms with Gasteiger partial charge >= 0.3 is 0 Å². The number of nitrogens with one attached hydrogen (secondary N) is 1. The maximum Gasteiger partial charge on any atom is 0.231 e. The Morgan fingerprint density at radius 1 is 1.32 bits per heavy atom. The van der Waals surface area contributed by atoms with Crippen LogP contribution in [0.4, 0.5) is 0 Å². The first-order valence-electron chi connectivity index (χ1n) is 8.96. The predicted octanol–water partition coefficient (Wildman–Crippen LogP) is 2.11. The minimum Gasteiger partial charge on any atom is -0.454 e. The first-order valence-corrected chi connectivity index (χ1v) is 8.96. The van der Waals surface area contributed by atoms with Gasteiger partial charge in [-0.3, -0.25) is 4.90 Å². The monoisotopic (exact) mass is 344 g/mol. The van der Waals surface area contributed by atoms with E-state index in [1.807, 2.05) is 19.1 Å². The van der Waals surface area contributed by atoms with Crippen molar-refractivity contribution in [1.82, 2.24) is 20.4 Å². The molecule has 7 nitrogen and oxygen atoms in total.